The van der Waals surface area contributed by atoms with E-state index in [1.165, 1.54) is 0 Å². The van der Waals surface area contributed by atoms with Gasteiger partial charge in [-0.2, -0.15) is 11.3 Å². The van der Waals surface area contributed by atoms with Gasteiger partial charge in [0.15, 0.2) is 5.78 Å². The first-order chi connectivity index (χ1) is 6.40. The number of Topliss-reactive ketones (excluding diaryl/α,β-unsaturated/α-hetero) is 1. The van der Waals surface area contributed by atoms with Gasteiger partial charge in [-0.15, -0.1) is 0 Å². The van der Waals surface area contributed by atoms with Crippen molar-refractivity contribution in [3.05, 3.63) is 21.9 Å². The molecule has 0 bridgehead atoms. The molecule has 1 rings (SSSR count). The minimum atomic E-state index is 0.250. The average Bonchev–Trinajstić information content (AvgIpc) is 2.46. The topological polar surface area (TPSA) is 17.1 Å². The Morgan fingerprint density at radius 2 is 2.00 bits per heavy atom. The van der Waals surface area contributed by atoms with Crippen molar-refractivity contribution >= 4 is 17.1 Å². The van der Waals surface area contributed by atoms with Crippen LogP contribution in [0.25, 0.3) is 0 Å². The van der Waals surface area contributed by atoms with Gasteiger partial charge in [-0.05, 0) is 29.7 Å². The summed E-state index contributed by atoms with van der Waals surface area (Å²) in [5.41, 5.74) is 2.28. The van der Waals surface area contributed by atoms with E-state index in [-0.39, 0.29) is 5.41 Å². The fourth-order valence-corrected chi connectivity index (χ4v) is 2.12. The van der Waals surface area contributed by atoms with E-state index in [2.05, 4.69) is 20.8 Å². The summed E-state index contributed by atoms with van der Waals surface area (Å²) in [6.45, 7) is 8.50. The molecule has 0 radical (unpaired) electrons. The molecular formula is C12H18OS. The van der Waals surface area contributed by atoms with Crippen LogP contribution in [0.3, 0.4) is 0 Å². The maximum absolute atomic E-state index is 11.8. The molecule has 14 heavy (non-hydrogen) atoms. The molecule has 1 aromatic rings. The van der Waals surface area contributed by atoms with E-state index in [1.54, 1.807) is 11.3 Å². The molecule has 0 spiro atoms. The van der Waals surface area contributed by atoms with E-state index in [1.807, 2.05) is 17.7 Å². The van der Waals surface area contributed by atoms with Gasteiger partial charge >= 0.3 is 0 Å². The Labute approximate surface area is 90.2 Å². The molecule has 0 saturated carbocycles. The number of carbonyl (C=O) groups is 1. The van der Waals surface area contributed by atoms with Crippen molar-refractivity contribution in [2.24, 2.45) is 5.41 Å². The molecule has 0 fully saturated rings. The SMILES string of the molecule is Cc1cscc1C(=O)CCC(C)(C)C. The van der Waals surface area contributed by atoms with Crippen molar-refractivity contribution in [2.75, 3.05) is 0 Å². The highest BCUT2D eigenvalue weighted by Crippen LogP contribution is 2.23. The van der Waals surface area contributed by atoms with Gasteiger partial charge in [0, 0.05) is 17.4 Å². The molecule has 78 valence electrons. The Bertz CT molecular complexity index is 317. The van der Waals surface area contributed by atoms with Crippen molar-refractivity contribution in [1.29, 1.82) is 0 Å². The molecule has 0 unspecified atom stereocenters. The van der Waals surface area contributed by atoms with Crippen LogP contribution >= 0.6 is 11.3 Å². The first-order valence-electron chi connectivity index (χ1n) is 4.96. The third kappa shape index (κ3) is 3.26. The van der Waals surface area contributed by atoms with Gasteiger partial charge in [0.05, 0.1) is 0 Å². The molecule has 0 aliphatic carbocycles. The molecule has 0 aliphatic heterocycles. The number of aryl methyl sites for hydroxylation is 1. The number of hydrogen-bond acceptors (Lipinski definition) is 2. The molecule has 1 heterocycles. The summed E-state index contributed by atoms with van der Waals surface area (Å²) in [7, 11) is 0. The van der Waals surface area contributed by atoms with Gasteiger partial charge in [-0.25, -0.2) is 0 Å². The lowest BCUT2D eigenvalue weighted by Crippen LogP contribution is -2.09. The highest BCUT2D eigenvalue weighted by molar-refractivity contribution is 7.08. The van der Waals surface area contributed by atoms with Crippen LogP contribution in [0.1, 0.15) is 49.5 Å². The molecule has 0 aromatic carbocycles. The minimum absolute atomic E-state index is 0.250. The van der Waals surface area contributed by atoms with Crippen LogP contribution in [0.2, 0.25) is 0 Å². The largest absolute Gasteiger partial charge is 0.294 e. The number of thiophene rings is 1. The monoisotopic (exact) mass is 210 g/mol. The molecule has 0 saturated heterocycles. The molecule has 1 aromatic heterocycles. The van der Waals surface area contributed by atoms with Crippen LogP contribution in [0.15, 0.2) is 10.8 Å². The Balaban J connectivity index is 2.56. The van der Waals surface area contributed by atoms with Gasteiger partial charge in [0.1, 0.15) is 0 Å². The van der Waals surface area contributed by atoms with Crippen molar-refractivity contribution in [1.82, 2.24) is 0 Å². The van der Waals surface area contributed by atoms with Crippen LogP contribution in [0.5, 0.6) is 0 Å². The predicted octanol–water partition coefficient (Wildman–Crippen LogP) is 4.07. The number of rotatable bonds is 3. The molecule has 0 aliphatic rings. The van der Waals surface area contributed by atoms with Crippen molar-refractivity contribution < 1.29 is 4.79 Å². The number of ketones is 1. The van der Waals surface area contributed by atoms with Gasteiger partial charge in [0.2, 0.25) is 0 Å². The zero-order chi connectivity index (χ0) is 10.8. The fourth-order valence-electron chi connectivity index (χ4n) is 1.27. The quantitative estimate of drug-likeness (QED) is 0.687. The van der Waals surface area contributed by atoms with E-state index >= 15 is 0 Å². The van der Waals surface area contributed by atoms with Crippen molar-refractivity contribution in [2.45, 2.75) is 40.5 Å². The number of carbonyl (C=O) groups excluding carboxylic acids is 1. The summed E-state index contributed by atoms with van der Waals surface area (Å²) in [6.07, 6.45) is 1.63. The Morgan fingerprint density at radius 3 is 2.43 bits per heavy atom. The van der Waals surface area contributed by atoms with E-state index in [9.17, 15) is 4.79 Å². The smallest absolute Gasteiger partial charge is 0.163 e. The second-order valence-electron chi connectivity index (χ2n) is 4.95. The van der Waals surface area contributed by atoms with Crippen LogP contribution in [0, 0.1) is 12.3 Å². The normalized spacial score (nSPS) is 11.7. The van der Waals surface area contributed by atoms with Gasteiger partial charge in [-0.1, -0.05) is 20.8 Å². The average molecular weight is 210 g/mol. The summed E-state index contributed by atoms with van der Waals surface area (Å²) in [6, 6.07) is 0. The Morgan fingerprint density at radius 1 is 1.36 bits per heavy atom. The van der Waals surface area contributed by atoms with Gasteiger partial charge in [0.25, 0.3) is 0 Å². The molecule has 0 amide bonds. The Hall–Kier alpha value is -0.630. The third-order valence-corrected chi connectivity index (χ3v) is 3.12. The molecule has 1 nitrogen and oxygen atoms in total. The lowest BCUT2D eigenvalue weighted by Gasteiger charge is -2.16. The number of hydrogen-bond donors (Lipinski definition) is 0. The highest BCUT2D eigenvalue weighted by atomic mass is 32.1. The van der Waals surface area contributed by atoms with E-state index in [0.29, 0.717) is 12.2 Å². The second kappa shape index (κ2) is 4.26. The third-order valence-electron chi connectivity index (χ3n) is 2.26. The lowest BCUT2D eigenvalue weighted by atomic mass is 9.88. The molecule has 0 N–H and O–H groups in total. The van der Waals surface area contributed by atoms with Gasteiger partial charge in [-0.3, -0.25) is 4.79 Å². The second-order valence-corrected chi connectivity index (χ2v) is 5.70. The summed E-state index contributed by atoms with van der Waals surface area (Å²) in [5.74, 6) is 0.290. The maximum atomic E-state index is 11.8. The minimum Gasteiger partial charge on any atom is -0.294 e. The summed E-state index contributed by atoms with van der Waals surface area (Å²) in [5, 5.41) is 3.99. The zero-order valence-corrected chi connectivity index (χ0v) is 10.2. The van der Waals surface area contributed by atoms with Crippen LogP contribution in [0.4, 0.5) is 0 Å². The van der Waals surface area contributed by atoms with Crippen molar-refractivity contribution in [3.8, 4) is 0 Å². The first kappa shape index (κ1) is 11.4. The van der Waals surface area contributed by atoms with Crippen LogP contribution < -0.4 is 0 Å². The maximum Gasteiger partial charge on any atom is 0.163 e. The molecule has 2 heteroatoms. The molecule has 0 atom stereocenters. The fraction of sp³-hybridized carbons (Fsp3) is 0.583. The van der Waals surface area contributed by atoms with E-state index in [4.69, 9.17) is 0 Å². The van der Waals surface area contributed by atoms with E-state index in [0.717, 1.165) is 17.5 Å². The van der Waals surface area contributed by atoms with E-state index < -0.39 is 0 Å². The zero-order valence-electron chi connectivity index (χ0n) is 9.39. The Kier molecular flexibility index (Phi) is 3.48. The standard InChI is InChI=1S/C12H18OS/c1-9-7-14-8-10(9)11(13)5-6-12(2,3)4/h7-8H,5-6H2,1-4H3. The molecular weight excluding hydrogens is 192 g/mol. The summed E-state index contributed by atoms with van der Waals surface area (Å²) in [4.78, 5) is 11.8. The van der Waals surface area contributed by atoms with Crippen LogP contribution in [-0.4, -0.2) is 5.78 Å². The van der Waals surface area contributed by atoms with Crippen molar-refractivity contribution in [3.63, 3.8) is 0 Å². The highest BCUT2D eigenvalue weighted by Gasteiger charge is 2.15. The van der Waals surface area contributed by atoms with Crippen LogP contribution in [-0.2, 0) is 0 Å². The summed E-state index contributed by atoms with van der Waals surface area (Å²) < 4.78 is 0. The predicted molar refractivity (Wildman–Crippen MR) is 62.1 cm³/mol. The van der Waals surface area contributed by atoms with Gasteiger partial charge < -0.3 is 0 Å². The summed E-state index contributed by atoms with van der Waals surface area (Å²) >= 11 is 1.61. The first-order valence-corrected chi connectivity index (χ1v) is 5.90. The lowest BCUT2D eigenvalue weighted by molar-refractivity contribution is 0.0966.